The van der Waals surface area contributed by atoms with Crippen molar-refractivity contribution in [1.29, 1.82) is 0 Å². The van der Waals surface area contributed by atoms with E-state index < -0.39 is 12.7 Å². The van der Waals surface area contributed by atoms with Gasteiger partial charge in [0.15, 0.2) is 0 Å². The van der Waals surface area contributed by atoms with E-state index in [9.17, 15) is 18.0 Å². The van der Waals surface area contributed by atoms with Gasteiger partial charge in [-0.15, -0.1) is 11.3 Å². The quantitative estimate of drug-likeness (QED) is 0.924. The van der Waals surface area contributed by atoms with Crippen molar-refractivity contribution < 1.29 is 18.0 Å². The van der Waals surface area contributed by atoms with Crippen molar-refractivity contribution in [2.75, 3.05) is 26.2 Å². The summed E-state index contributed by atoms with van der Waals surface area (Å²) in [6.07, 6.45) is -3.45. The fourth-order valence-corrected chi connectivity index (χ4v) is 2.85. The standard InChI is InChI=1S/C12H15F3N2OS/c13-12(14,15)8-17-4-3-9(7-17)6-16-11(18)10-2-1-5-19-10/h1-2,5,9H,3-4,6-8H2,(H,16,18)/t9-/m1/s1. The maximum absolute atomic E-state index is 12.2. The number of rotatable bonds is 4. The van der Waals surface area contributed by atoms with Crippen LogP contribution in [0.25, 0.3) is 0 Å². The summed E-state index contributed by atoms with van der Waals surface area (Å²) in [5, 5.41) is 4.59. The second-order valence-corrected chi connectivity index (χ2v) is 5.64. The molecule has 1 amide bonds. The zero-order valence-electron chi connectivity index (χ0n) is 10.2. The molecule has 0 radical (unpaired) electrons. The van der Waals surface area contributed by atoms with Crippen molar-refractivity contribution in [3.05, 3.63) is 22.4 Å². The highest BCUT2D eigenvalue weighted by Gasteiger charge is 2.34. The Morgan fingerprint density at radius 3 is 2.95 bits per heavy atom. The van der Waals surface area contributed by atoms with E-state index in [4.69, 9.17) is 0 Å². The molecule has 0 aromatic carbocycles. The minimum atomic E-state index is -4.14. The van der Waals surface area contributed by atoms with Crippen molar-refractivity contribution in [2.24, 2.45) is 5.92 Å². The Labute approximate surface area is 113 Å². The number of hydrogen-bond donors (Lipinski definition) is 1. The van der Waals surface area contributed by atoms with Crippen molar-refractivity contribution in [3.8, 4) is 0 Å². The van der Waals surface area contributed by atoms with Gasteiger partial charge in [-0.3, -0.25) is 9.69 Å². The summed E-state index contributed by atoms with van der Waals surface area (Å²) in [4.78, 5) is 13.7. The monoisotopic (exact) mass is 292 g/mol. The molecule has 1 fully saturated rings. The highest BCUT2D eigenvalue weighted by atomic mass is 32.1. The molecule has 0 saturated carbocycles. The van der Waals surface area contributed by atoms with E-state index in [1.807, 2.05) is 5.38 Å². The van der Waals surface area contributed by atoms with Crippen molar-refractivity contribution in [1.82, 2.24) is 10.2 Å². The van der Waals surface area contributed by atoms with Gasteiger partial charge in [-0.2, -0.15) is 13.2 Å². The first-order chi connectivity index (χ1) is 8.94. The molecule has 106 valence electrons. The zero-order chi connectivity index (χ0) is 13.9. The molecule has 2 rings (SSSR count). The fourth-order valence-electron chi connectivity index (χ4n) is 2.21. The molecule has 0 aliphatic carbocycles. The summed E-state index contributed by atoms with van der Waals surface area (Å²) in [6, 6.07) is 3.52. The summed E-state index contributed by atoms with van der Waals surface area (Å²) in [6.45, 7) is 0.413. The number of carbonyl (C=O) groups is 1. The maximum atomic E-state index is 12.2. The van der Waals surface area contributed by atoms with Crippen LogP contribution in [-0.2, 0) is 0 Å². The van der Waals surface area contributed by atoms with Gasteiger partial charge in [0.1, 0.15) is 0 Å². The molecule has 1 N–H and O–H groups in total. The predicted octanol–water partition coefficient (Wildman–Crippen LogP) is 2.36. The zero-order valence-corrected chi connectivity index (χ0v) is 11.1. The lowest BCUT2D eigenvalue weighted by Crippen LogP contribution is -2.34. The van der Waals surface area contributed by atoms with E-state index in [0.717, 1.165) is 0 Å². The lowest BCUT2D eigenvalue weighted by molar-refractivity contribution is -0.143. The topological polar surface area (TPSA) is 32.3 Å². The summed E-state index contributed by atoms with van der Waals surface area (Å²) >= 11 is 1.35. The first kappa shape index (κ1) is 14.3. The van der Waals surface area contributed by atoms with Crippen LogP contribution in [0, 0.1) is 5.92 Å². The van der Waals surface area contributed by atoms with Gasteiger partial charge in [0.05, 0.1) is 11.4 Å². The largest absolute Gasteiger partial charge is 0.401 e. The van der Waals surface area contributed by atoms with Gasteiger partial charge in [0, 0.05) is 13.1 Å². The third-order valence-electron chi connectivity index (χ3n) is 3.07. The number of alkyl halides is 3. The van der Waals surface area contributed by atoms with E-state index in [2.05, 4.69) is 5.32 Å². The van der Waals surface area contributed by atoms with Crippen LogP contribution in [0.5, 0.6) is 0 Å². The maximum Gasteiger partial charge on any atom is 0.401 e. The molecule has 2 heterocycles. The number of thiophene rings is 1. The van der Waals surface area contributed by atoms with E-state index in [0.29, 0.717) is 30.9 Å². The lowest BCUT2D eigenvalue weighted by atomic mass is 10.1. The molecular formula is C12H15F3N2OS. The predicted molar refractivity (Wildman–Crippen MR) is 67.3 cm³/mol. The van der Waals surface area contributed by atoms with Crippen LogP contribution in [0.2, 0.25) is 0 Å². The van der Waals surface area contributed by atoms with Crippen LogP contribution >= 0.6 is 11.3 Å². The van der Waals surface area contributed by atoms with Crippen LogP contribution in [0.4, 0.5) is 13.2 Å². The highest BCUT2D eigenvalue weighted by molar-refractivity contribution is 7.12. The number of likely N-dealkylation sites (tertiary alicyclic amines) is 1. The van der Waals surface area contributed by atoms with Gasteiger partial charge in [-0.25, -0.2) is 0 Å². The number of carbonyl (C=O) groups excluding carboxylic acids is 1. The van der Waals surface area contributed by atoms with Gasteiger partial charge in [0.25, 0.3) is 5.91 Å². The number of nitrogens with zero attached hydrogens (tertiary/aromatic N) is 1. The van der Waals surface area contributed by atoms with Crippen LogP contribution < -0.4 is 5.32 Å². The summed E-state index contributed by atoms with van der Waals surface area (Å²) < 4.78 is 36.7. The third-order valence-corrected chi connectivity index (χ3v) is 3.94. The van der Waals surface area contributed by atoms with Crippen LogP contribution in [0.3, 0.4) is 0 Å². The Morgan fingerprint density at radius 1 is 1.53 bits per heavy atom. The Balaban J connectivity index is 1.72. The summed E-state index contributed by atoms with van der Waals surface area (Å²) in [5.74, 6) is -0.0458. The van der Waals surface area contributed by atoms with Gasteiger partial charge < -0.3 is 5.32 Å². The molecule has 1 aliphatic rings. The summed E-state index contributed by atoms with van der Waals surface area (Å²) in [5.41, 5.74) is 0. The number of nitrogens with one attached hydrogen (secondary N) is 1. The Hall–Kier alpha value is -1.08. The molecule has 3 nitrogen and oxygen atoms in total. The molecule has 0 unspecified atom stereocenters. The van der Waals surface area contributed by atoms with Crippen LogP contribution in [0.1, 0.15) is 16.1 Å². The van der Waals surface area contributed by atoms with Gasteiger partial charge in [-0.05, 0) is 30.3 Å². The molecule has 1 aromatic heterocycles. The minimum Gasteiger partial charge on any atom is -0.351 e. The first-order valence-corrected chi connectivity index (χ1v) is 6.93. The number of halogens is 3. The number of hydrogen-bond acceptors (Lipinski definition) is 3. The fraction of sp³-hybridized carbons (Fsp3) is 0.583. The van der Waals surface area contributed by atoms with E-state index in [1.54, 1.807) is 12.1 Å². The molecule has 0 spiro atoms. The molecule has 1 saturated heterocycles. The van der Waals surface area contributed by atoms with Crippen LogP contribution in [-0.4, -0.2) is 43.2 Å². The average molecular weight is 292 g/mol. The minimum absolute atomic E-state index is 0.103. The highest BCUT2D eigenvalue weighted by Crippen LogP contribution is 2.22. The Kier molecular flexibility index (Phi) is 4.46. The Bertz CT molecular complexity index is 419. The summed E-state index contributed by atoms with van der Waals surface area (Å²) in [7, 11) is 0. The van der Waals surface area contributed by atoms with E-state index in [1.165, 1.54) is 16.2 Å². The second-order valence-electron chi connectivity index (χ2n) is 4.69. The molecule has 1 atom stereocenters. The van der Waals surface area contributed by atoms with Crippen molar-refractivity contribution in [2.45, 2.75) is 12.6 Å². The van der Waals surface area contributed by atoms with E-state index >= 15 is 0 Å². The van der Waals surface area contributed by atoms with E-state index in [-0.39, 0.29) is 11.8 Å². The first-order valence-electron chi connectivity index (χ1n) is 6.05. The molecular weight excluding hydrogens is 277 g/mol. The molecule has 0 bridgehead atoms. The normalized spacial score (nSPS) is 20.7. The van der Waals surface area contributed by atoms with Crippen LogP contribution in [0.15, 0.2) is 17.5 Å². The van der Waals surface area contributed by atoms with Gasteiger partial charge >= 0.3 is 6.18 Å². The molecule has 1 aliphatic heterocycles. The second kappa shape index (κ2) is 5.92. The lowest BCUT2D eigenvalue weighted by Gasteiger charge is -2.17. The Morgan fingerprint density at radius 2 is 2.32 bits per heavy atom. The third kappa shape index (κ3) is 4.50. The smallest absolute Gasteiger partial charge is 0.351 e. The molecule has 19 heavy (non-hydrogen) atoms. The van der Waals surface area contributed by atoms with Gasteiger partial charge in [0.2, 0.25) is 0 Å². The average Bonchev–Trinajstić information content (AvgIpc) is 2.94. The van der Waals surface area contributed by atoms with Crippen molar-refractivity contribution in [3.63, 3.8) is 0 Å². The molecule has 1 aromatic rings. The number of amides is 1. The molecule has 7 heteroatoms. The van der Waals surface area contributed by atoms with Gasteiger partial charge in [-0.1, -0.05) is 6.07 Å². The van der Waals surface area contributed by atoms with Crippen molar-refractivity contribution >= 4 is 17.2 Å². The SMILES string of the molecule is O=C(NC[C@H]1CCN(CC(F)(F)F)C1)c1cccs1.